The maximum absolute atomic E-state index is 12.2. The van der Waals surface area contributed by atoms with Crippen molar-refractivity contribution < 1.29 is 14.6 Å². The van der Waals surface area contributed by atoms with E-state index in [9.17, 15) is 9.90 Å². The summed E-state index contributed by atoms with van der Waals surface area (Å²) < 4.78 is 5.38. The highest BCUT2D eigenvalue weighted by Gasteiger charge is 2.11. The van der Waals surface area contributed by atoms with Crippen molar-refractivity contribution >= 4 is 28.7 Å². The van der Waals surface area contributed by atoms with Crippen molar-refractivity contribution in [3.8, 4) is 5.75 Å². The van der Waals surface area contributed by atoms with Crippen LogP contribution in [0, 0.1) is 0 Å². The Hall–Kier alpha value is -3.16. The van der Waals surface area contributed by atoms with Crippen molar-refractivity contribution in [2.24, 2.45) is 0 Å². The molecule has 7 heteroatoms. The third-order valence-corrected chi connectivity index (χ3v) is 4.86. The predicted octanol–water partition coefficient (Wildman–Crippen LogP) is 2.80. The van der Waals surface area contributed by atoms with Crippen molar-refractivity contribution in [2.75, 3.05) is 38.2 Å². The third kappa shape index (κ3) is 5.22. The normalized spacial score (nSPS) is 15.2. The molecular formula is C22H24N4O3. The van der Waals surface area contributed by atoms with Crippen molar-refractivity contribution in [3.05, 3.63) is 59.9 Å². The number of anilines is 1. The van der Waals surface area contributed by atoms with Gasteiger partial charge in [0.25, 0.3) is 0 Å². The number of hydrogen-bond acceptors (Lipinski definition) is 5. The van der Waals surface area contributed by atoms with Gasteiger partial charge in [0.2, 0.25) is 5.91 Å². The zero-order valence-electron chi connectivity index (χ0n) is 16.1. The first kappa shape index (κ1) is 19.2. The number of H-pyrrole nitrogens is 1. The average molecular weight is 392 g/mol. The molecule has 3 aromatic rings. The van der Waals surface area contributed by atoms with Gasteiger partial charge in [-0.1, -0.05) is 12.1 Å². The molecule has 1 amide bonds. The Morgan fingerprint density at radius 3 is 2.93 bits per heavy atom. The molecule has 0 saturated carbocycles. The average Bonchev–Trinajstić information content (AvgIpc) is 3.14. The van der Waals surface area contributed by atoms with Crippen LogP contribution in [-0.2, 0) is 16.0 Å². The van der Waals surface area contributed by atoms with Crippen LogP contribution in [0.1, 0.15) is 11.4 Å². The van der Waals surface area contributed by atoms with Gasteiger partial charge in [-0.05, 0) is 42.0 Å². The van der Waals surface area contributed by atoms with Gasteiger partial charge in [-0.25, -0.2) is 4.98 Å². The van der Waals surface area contributed by atoms with Crippen LogP contribution in [0.15, 0.2) is 48.5 Å². The number of phenolic OH excluding ortho intramolecular Hbond substituents is 1. The molecule has 1 aliphatic rings. The molecule has 7 nitrogen and oxygen atoms in total. The van der Waals surface area contributed by atoms with E-state index in [-0.39, 0.29) is 11.7 Å². The molecule has 0 unspecified atom stereocenters. The second kappa shape index (κ2) is 8.89. The smallest absolute Gasteiger partial charge is 0.248 e. The van der Waals surface area contributed by atoms with Gasteiger partial charge >= 0.3 is 0 Å². The lowest BCUT2D eigenvalue weighted by molar-refractivity contribution is -0.111. The maximum atomic E-state index is 12.2. The Morgan fingerprint density at radius 2 is 2.10 bits per heavy atom. The summed E-state index contributed by atoms with van der Waals surface area (Å²) in [5, 5.41) is 12.3. The van der Waals surface area contributed by atoms with E-state index in [2.05, 4.69) is 20.2 Å². The lowest BCUT2D eigenvalue weighted by Gasteiger charge is -2.25. The minimum absolute atomic E-state index is 0.168. The Bertz CT molecular complexity index is 1020. The third-order valence-electron chi connectivity index (χ3n) is 4.86. The standard InChI is InChI=1S/C22H24N4O3/c27-18-3-1-2-16(14-18)4-7-22(28)23-17-5-6-19-20(15-17)25-21(24-19)8-9-26-10-12-29-13-11-26/h1-7,14-15,27H,8-13H2,(H,23,28)(H,24,25)/b7-4+. The van der Waals surface area contributed by atoms with Gasteiger partial charge < -0.3 is 20.1 Å². The Kier molecular flexibility index (Phi) is 5.88. The van der Waals surface area contributed by atoms with Crippen molar-refractivity contribution in [2.45, 2.75) is 6.42 Å². The van der Waals surface area contributed by atoms with Crippen LogP contribution in [0.5, 0.6) is 5.75 Å². The molecule has 1 fully saturated rings. The van der Waals surface area contributed by atoms with E-state index in [1.807, 2.05) is 24.3 Å². The number of amides is 1. The topological polar surface area (TPSA) is 90.5 Å². The lowest BCUT2D eigenvalue weighted by atomic mass is 10.2. The van der Waals surface area contributed by atoms with Crippen LogP contribution >= 0.6 is 0 Å². The number of imidazole rings is 1. The summed E-state index contributed by atoms with van der Waals surface area (Å²) in [5.74, 6) is 0.875. The van der Waals surface area contributed by atoms with E-state index in [0.717, 1.165) is 61.7 Å². The molecule has 3 N–H and O–H groups in total. The minimum atomic E-state index is -0.236. The number of hydrogen-bond donors (Lipinski definition) is 3. The molecular weight excluding hydrogens is 368 g/mol. The van der Waals surface area contributed by atoms with E-state index in [1.54, 1.807) is 24.3 Å². The second-order valence-corrected chi connectivity index (χ2v) is 7.04. The second-order valence-electron chi connectivity index (χ2n) is 7.04. The van der Waals surface area contributed by atoms with E-state index in [4.69, 9.17) is 4.74 Å². The van der Waals surface area contributed by atoms with Crippen LogP contribution in [0.2, 0.25) is 0 Å². The number of aromatic nitrogens is 2. The van der Waals surface area contributed by atoms with Gasteiger partial charge in [0.15, 0.2) is 0 Å². The summed E-state index contributed by atoms with van der Waals surface area (Å²) >= 11 is 0. The van der Waals surface area contributed by atoms with Crippen LogP contribution in [0.25, 0.3) is 17.1 Å². The highest BCUT2D eigenvalue weighted by molar-refractivity contribution is 6.02. The number of ether oxygens (including phenoxy) is 1. The monoisotopic (exact) mass is 392 g/mol. The quantitative estimate of drug-likeness (QED) is 0.561. The molecule has 1 aromatic heterocycles. The molecule has 2 aromatic carbocycles. The zero-order chi connectivity index (χ0) is 20.1. The van der Waals surface area contributed by atoms with Gasteiger partial charge in [-0.15, -0.1) is 0 Å². The summed E-state index contributed by atoms with van der Waals surface area (Å²) in [6.07, 6.45) is 3.95. The van der Waals surface area contributed by atoms with E-state index in [1.165, 1.54) is 6.08 Å². The van der Waals surface area contributed by atoms with E-state index < -0.39 is 0 Å². The zero-order valence-corrected chi connectivity index (χ0v) is 16.1. The number of benzene rings is 2. The number of fused-ring (bicyclic) bond motifs is 1. The number of rotatable bonds is 6. The van der Waals surface area contributed by atoms with Crippen LogP contribution in [0.4, 0.5) is 5.69 Å². The highest BCUT2D eigenvalue weighted by atomic mass is 16.5. The Morgan fingerprint density at radius 1 is 1.24 bits per heavy atom. The summed E-state index contributed by atoms with van der Waals surface area (Å²) in [4.78, 5) is 22.5. The first-order valence-corrected chi connectivity index (χ1v) is 9.72. The number of nitrogens with one attached hydrogen (secondary N) is 2. The van der Waals surface area contributed by atoms with Crippen LogP contribution in [-0.4, -0.2) is 58.7 Å². The Labute approximate surface area is 169 Å². The summed E-state index contributed by atoms with van der Waals surface area (Å²) in [7, 11) is 0. The number of phenols is 1. The molecule has 1 saturated heterocycles. The SMILES string of the molecule is O=C(/C=C/c1cccc(O)c1)Nc1ccc2nc(CCN3CCOCC3)[nH]c2c1. The first-order valence-electron chi connectivity index (χ1n) is 9.72. The molecule has 0 aliphatic carbocycles. The molecule has 0 atom stereocenters. The molecule has 1 aliphatic heterocycles. The van der Waals surface area contributed by atoms with Crippen molar-refractivity contribution in [3.63, 3.8) is 0 Å². The van der Waals surface area contributed by atoms with Gasteiger partial charge in [-0.2, -0.15) is 0 Å². The fourth-order valence-corrected chi connectivity index (χ4v) is 3.33. The number of carbonyl (C=O) groups is 1. The van der Waals surface area contributed by atoms with E-state index in [0.29, 0.717) is 5.69 Å². The van der Waals surface area contributed by atoms with Gasteiger partial charge in [0.05, 0.1) is 24.2 Å². The number of carbonyl (C=O) groups excluding carboxylic acids is 1. The van der Waals surface area contributed by atoms with E-state index >= 15 is 0 Å². The van der Waals surface area contributed by atoms with Crippen molar-refractivity contribution in [1.82, 2.24) is 14.9 Å². The van der Waals surface area contributed by atoms with Gasteiger partial charge in [0, 0.05) is 37.8 Å². The van der Waals surface area contributed by atoms with Crippen LogP contribution in [0.3, 0.4) is 0 Å². The summed E-state index contributed by atoms with van der Waals surface area (Å²) in [6, 6.07) is 12.4. The number of aromatic amines is 1. The largest absolute Gasteiger partial charge is 0.508 e. The highest BCUT2D eigenvalue weighted by Crippen LogP contribution is 2.18. The molecule has 2 heterocycles. The molecule has 4 rings (SSSR count). The van der Waals surface area contributed by atoms with Gasteiger partial charge in [-0.3, -0.25) is 9.69 Å². The first-order chi connectivity index (χ1) is 14.2. The molecule has 0 bridgehead atoms. The molecule has 150 valence electrons. The van der Waals surface area contributed by atoms with Crippen molar-refractivity contribution in [1.29, 1.82) is 0 Å². The maximum Gasteiger partial charge on any atom is 0.248 e. The molecule has 0 radical (unpaired) electrons. The fourth-order valence-electron chi connectivity index (χ4n) is 3.33. The number of morpholine rings is 1. The number of aromatic hydroxyl groups is 1. The molecule has 0 spiro atoms. The lowest BCUT2D eigenvalue weighted by Crippen LogP contribution is -2.37. The Balaban J connectivity index is 1.37. The fraction of sp³-hybridized carbons (Fsp3) is 0.273. The minimum Gasteiger partial charge on any atom is -0.508 e. The summed E-state index contributed by atoms with van der Waals surface area (Å²) in [5.41, 5.74) is 3.24. The van der Waals surface area contributed by atoms with Gasteiger partial charge in [0.1, 0.15) is 11.6 Å². The predicted molar refractivity (Wildman–Crippen MR) is 113 cm³/mol. The molecule has 29 heavy (non-hydrogen) atoms. The van der Waals surface area contributed by atoms with Crippen LogP contribution < -0.4 is 5.32 Å². The summed E-state index contributed by atoms with van der Waals surface area (Å²) in [6.45, 7) is 4.47. The number of nitrogens with zero attached hydrogens (tertiary/aromatic N) is 2.